The van der Waals surface area contributed by atoms with Crippen LogP contribution in [0.15, 0.2) is 56.1 Å². The number of rotatable bonds is 1. The van der Waals surface area contributed by atoms with Gasteiger partial charge < -0.3 is 24.8 Å². The molecule has 0 fully saturated rings. The molecule has 0 saturated heterocycles. The van der Waals surface area contributed by atoms with Crippen molar-refractivity contribution in [2.75, 3.05) is 0 Å². The summed E-state index contributed by atoms with van der Waals surface area (Å²) >= 11 is 1.53. The van der Waals surface area contributed by atoms with E-state index in [1.807, 2.05) is 0 Å². The fourth-order valence-corrected chi connectivity index (χ4v) is 4.77. The van der Waals surface area contributed by atoms with Crippen molar-refractivity contribution in [2.24, 2.45) is 0 Å². The number of benzene rings is 1. The Labute approximate surface area is 143 Å². The smallest absolute Gasteiger partial charge is 1.00 e. The molecule has 4 heteroatoms. The van der Waals surface area contributed by atoms with Crippen LogP contribution < -0.4 is 24.8 Å². The summed E-state index contributed by atoms with van der Waals surface area (Å²) < 4.78 is 1.54. The second kappa shape index (κ2) is 6.68. The largest absolute Gasteiger partial charge is 1.00 e. The van der Waals surface area contributed by atoms with Crippen LogP contribution >= 0.6 is 8.20 Å². The molecule has 1 aromatic carbocycles. The molecule has 1 aliphatic carbocycles. The first kappa shape index (κ1) is 17.1. The van der Waals surface area contributed by atoms with Crippen molar-refractivity contribution in [2.45, 2.75) is 13.8 Å². The molecule has 0 N–H and O–H groups in total. The van der Waals surface area contributed by atoms with Gasteiger partial charge in [-0.2, -0.15) is 0 Å². The van der Waals surface area contributed by atoms with Crippen molar-refractivity contribution in [3.05, 3.63) is 61.7 Å². The maximum absolute atomic E-state index is 2.36. The third-order valence-corrected chi connectivity index (χ3v) is 5.95. The van der Waals surface area contributed by atoms with E-state index in [0.29, 0.717) is 0 Å². The molecule has 95 valence electrons. The second-order valence-electron chi connectivity index (χ2n) is 4.40. The zero-order valence-electron chi connectivity index (χ0n) is 10.7. The third kappa shape index (κ3) is 2.91. The summed E-state index contributed by atoms with van der Waals surface area (Å²) in [5.41, 5.74) is 5.82. The number of hydrogen-bond acceptors (Lipinski definition) is 0. The van der Waals surface area contributed by atoms with Crippen molar-refractivity contribution in [1.82, 2.24) is 0 Å². The van der Waals surface area contributed by atoms with Crippen LogP contribution in [0.5, 0.6) is 0 Å². The Morgan fingerprint density at radius 2 is 1.58 bits per heavy atom. The molecular weight excluding hydrogens is 373 g/mol. The number of hydrogen-bond donors (Lipinski definition) is 0. The quantitative estimate of drug-likeness (QED) is 0.507. The standard InChI is InChI=1S/C15H12P.2ClH.Zr/c1-10-8-13-14(9-10)16-11(2)15(13)12-6-4-3-5-7-12;;;/h3-7,9H,1-2H3;2*1H;/q;;;+2/p-2. The van der Waals surface area contributed by atoms with Crippen molar-refractivity contribution in [1.29, 1.82) is 0 Å². The normalized spacial score (nSPS) is 17.5. The van der Waals surface area contributed by atoms with Crippen LogP contribution in [-0.2, 0) is 24.7 Å². The van der Waals surface area contributed by atoms with Gasteiger partial charge in [-0.25, -0.2) is 0 Å². The van der Waals surface area contributed by atoms with Crippen molar-refractivity contribution < 1.29 is 49.5 Å². The Morgan fingerprint density at radius 3 is 2.21 bits per heavy atom. The minimum Gasteiger partial charge on any atom is -1.00 e. The zero-order chi connectivity index (χ0) is 12.0. The molecule has 1 aromatic rings. The fourth-order valence-electron chi connectivity index (χ4n) is 2.39. The van der Waals surface area contributed by atoms with Crippen molar-refractivity contribution in [3.8, 4) is 0 Å². The number of fused-ring (bicyclic) bond motifs is 1. The van der Waals surface area contributed by atoms with E-state index in [4.69, 9.17) is 0 Å². The molecule has 0 aromatic heterocycles. The van der Waals surface area contributed by atoms with Crippen LogP contribution in [0.4, 0.5) is 0 Å². The molecule has 1 heterocycles. The van der Waals surface area contributed by atoms with E-state index >= 15 is 0 Å². The summed E-state index contributed by atoms with van der Waals surface area (Å²) in [4.78, 5) is 0. The molecule has 0 amide bonds. The summed E-state index contributed by atoms with van der Waals surface area (Å²) in [5.74, 6) is 0. The van der Waals surface area contributed by atoms with Crippen molar-refractivity contribution >= 4 is 19.1 Å². The topological polar surface area (TPSA) is 0 Å². The molecule has 0 nitrogen and oxygen atoms in total. The predicted octanol–water partition coefficient (Wildman–Crippen LogP) is -1.68. The summed E-state index contributed by atoms with van der Waals surface area (Å²) in [6.45, 7) is 4.49. The van der Waals surface area contributed by atoms with Gasteiger partial charge in [0.05, 0.1) is 0 Å². The Hall–Kier alpha value is 0.0731. The van der Waals surface area contributed by atoms with Gasteiger partial charge in [-0.05, 0) is 0 Å². The maximum Gasteiger partial charge on any atom is -1.00 e. The van der Waals surface area contributed by atoms with Gasteiger partial charge in [0, 0.05) is 0 Å². The summed E-state index contributed by atoms with van der Waals surface area (Å²) in [7, 11) is 1.40. The minimum absolute atomic E-state index is 0. The van der Waals surface area contributed by atoms with E-state index in [9.17, 15) is 0 Å². The fraction of sp³-hybridized carbons (Fsp3) is 0.133. The molecule has 0 unspecified atom stereocenters. The first-order valence-electron chi connectivity index (χ1n) is 5.69. The first-order valence-corrected chi connectivity index (χ1v) is 7.81. The van der Waals surface area contributed by atoms with Crippen LogP contribution in [0.1, 0.15) is 19.4 Å². The monoisotopic (exact) mass is 383 g/mol. The molecular formula is C15H12Cl2PZr. The first-order chi connectivity index (χ1) is 8.18. The number of halogens is 2. The van der Waals surface area contributed by atoms with Gasteiger partial charge in [0.2, 0.25) is 0 Å². The van der Waals surface area contributed by atoms with Gasteiger partial charge in [-0.1, -0.05) is 0 Å². The van der Waals surface area contributed by atoms with E-state index in [1.54, 1.807) is 0 Å². The molecule has 0 spiro atoms. The van der Waals surface area contributed by atoms with Crippen LogP contribution in [0.2, 0.25) is 0 Å². The van der Waals surface area contributed by atoms with Gasteiger partial charge in [-0.15, -0.1) is 0 Å². The van der Waals surface area contributed by atoms with Gasteiger partial charge >= 0.3 is 119 Å². The van der Waals surface area contributed by atoms with E-state index in [0.717, 1.165) is 0 Å². The molecule has 0 atom stereocenters. The van der Waals surface area contributed by atoms with Crippen LogP contribution in [0.3, 0.4) is 0 Å². The van der Waals surface area contributed by atoms with Crippen LogP contribution in [-0.4, -0.2) is 5.29 Å². The van der Waals surface area contributed by atoms with Gasteiger partial charge in [0.15, 0.2) is 0 Å². The minimum atomic E-state index is 0. The predicted molar refractivity (Wildman–Crippen MR) is 71.7 cm³/mol. The molecule has 2 aliphatic rings. The van der Waals surface area contributed by atoms with E-state index in [1.165, 1.54) is 69.1 Å². The molecule has 0 radical (unpaired) electrons. The van der Waals surface area contributed by atoms with E-state index in [2.05, 4.69) is 50.3 Å². The molecule has 1 aliphatic heterocycles. The molecule has 3 rings (SSSR count). The Balaban J connectivity index is 0.000000902. The Kier molecular flexibility index (Phi) is 6.03. The van der Waals surface area contributed by atoms with Gasteiger partial charge in [-0.3, -0.25) is 0 Å². The Morgan fingerprint density at radius 1 is 0.947 bits per heavy atom. The summed E-state index contributed by atoms with van der Waals surface area (Å²) in [6.07, 6.45) is 2.36. The van der Waals surface area contributed by atoms with E-state index < -0.39 is 0 Å². The van der Waals surface area contributed by atoms with Gasteiger partial charge in [0.25, 0.3) is 0 Å². The van der Waals surface area contributed by atoms with Crippen molar-refractivity contribution in [3.63, 3.8) is 0 Å². The average Bonchev–Trinajstić information content (AvgIpc) is 2.77. The summed E-state index contributed by atoms with van der Waals surface area (Å²) in [5, 5.41) is 3.00. The van der Waals surface area contributed by atoms with E-state index in [-0.39, 0.29) is 24.8 Å². The SMILES string of the molecule is CC1=PC2=CC(C)=[C]([Zr+2])C2=C1c1ccccc1.[Cl-].[Cl-]. The van der Waals surface area contributed by atoms with Gasteiger partial charge in [0.1, 0.15) is 0 Å². The Bertz CT molecular complexity index is 625. The maximum atomic E-state index is 2.36. The molecule has 0 bridgehead atoms. The van der Waals surface area contributed by atoms with Crippen LogP contribution in [0.25, 0.3) is 5.57 Å². The average molecular weight is 385 g/mol. The number of allylic oxidation sites excluding steroid dienone is 6. The molecule has 19 heavy (non-hydrogen) atoms. The second-order valence-corrected chi connectivity index (χ2v) is 7.01. The summed E-state index contributed by atoms with van der Waals surface area (Å²) in [6, 6.07) is 10.8. The third-order valence-electron chi connectivity index (χ3n) is 3.22. The van der Waals surface area contributed by atoms with Crippen LogP contribution in [0, 0.1) is 0 Å². The molecule has 0 saturated carbocycles. The zero-order valence-corrected chi connectivity index (χ0v) is 15.5.